The first kappa shape index (κ1) is 30.3. The van der Waals surface area contributed by atoms with E-state index in [-0.39, 0.29) is 16.4 Å². The van der Waals surface area contributed by atoms with Crippen molar-refractivity contribution in [2.75, 3.05) is 19.5 Å². The SMILES string of the molecule is CCOC(=O)C(C#N)=C(SC)SC1OC(COC(C)=O)C(OC(C)=O)C(OC(C)=O)C1OC(C)=O. The van der Waals surface area contributed by atoms with Gasteiger partial charge in [0.2, 0.25) is 0 Å². The lowest BCUT2D eigenvalue weighted by molar-refractivity contribution is -0.237. The molecule has 5 atom stereocenters. The number of rotatable bonds is 10. The summed E-state index contributed by atoms with van der Waals surface area (Å²) in [6.07, 6.45) is -3.54. The van der Waals surface area contributed by atoms with E-state index < -0.39 is 66.3 Å². The van der Waals surface area contributed by atoms with E-state index in [2.05, 4.69) is 0 Å². The standard InChI is InChI=1S/C21H27NO11S2/c1-7-28-19(27)14(8-22)21(34-6)35-20-18(32-13(5)26)17(31-12(4)25)16(30-11(3)24)15(33-20)9-29-10(2)23/h15-18,20H,7,9H2,1-6H3. The lowest BCUT2D eigenvalue weighted by Gasteiger charge is -2.44. The summed E-state index contributed by atoms with van der Waals surface area (Å²) in [7, 11) is 0. The van der Waals surface area contributed by atoms with E-state index in [0.717, 1.165) is 51.2 Å². The maximum Gasteiger partial charge on any atom is 0.350 e. The fourth-order valence-corrected chi connectivity index (χ4v) is 4.98. The zero-order valence-electron chi connectivity index (χ0n) is 20.1. The number of carbonyl (C=O) groups is 5. The molecule has 5 unspecified atom stereocenters. The van der Waals surface area contributed by atoms with Gasteiger partial charge in [0.25, 0.3) is 0 Å². The number of hydrogen-bond donors (Lipinski definition) is 0. The van der Waals surface area contributed by atoms with Crippen molar-refractivity contribution in [2.45, 2.75) is 64.5 Å². The molecule has 0 aromatic rings. The highest BCUT2D eigenvalue weighted by molar-refractivity contribution is 8.22. The zero-order chi connectivity index (χ0) is 26.7. The van der Waals surface area contributed by atoms with Crippen LogP contribution in [0.4, 0.5) is 0 Å². The molecule has 1 heterocycles. The molecule has 1 saturated heterocycles. The quantitative estimate of drug-likeness (QED) is 0.171. The number of hydrogen-bond acceptors (Lipinski definition) is 14. The van der Waals surface area contributed by atoms with E-state index in [1.165, 1.54) is 0 Å². The van der Waals surface area contributed by atoms with Crippen LogP contribution in [-0.2, 0) is 52.4 Å². The summed E-state index contributed by atoms with van der Waals surface area (Å²) in [6.45, 7) is 5.72. The molecule has 0 aromatic carbocycles. The third-order valence-corrected chi connectivity index (χ3v) is 6.55. The highest BCUT2D eigenvalue weighted by Crippen LogP contribution is 2.41. The topological polar surface area (TPSA) is 165 Å². The molecule has 0 saturated carbocycles. The van der Waals surface area contributed by atoms with Crippen molar-refractivity contribution in [2.24, 2.45) is 0 Å². The average Bonchev–Trinajstić information content (AvgIpc) is 2.75. The fourth-order valence-electron chi connectivity index (χ4n) is 2.98. The number of nitrogens with zero attached hydrogens (tertiary/aromatic N) is 1. The van der Waals surface area contributed by atoms with Gasteiger partial charge in [0.05, 0.1) is 10.8 Å². The Morgan fingerprint density at radius 3 is 1.86 bits per heavy atom. The lowest BCUT2D eigenvalue weighted by atomic mass is 9.99. The van der Waals surface area contributed by atoms with Crippen LogP contribution in [0.2, 0.25) is 0 Å². The van der Waals surface area contributed by atoms with Crippen LogP contribution in [0.1, 0.15) is 34.6 Å². The van der Waals surface area contributed by atoms with Crippen LogP contribution in [0.15, 0.2) is 9.81 Å². The van der Waals surface area contributed by atoms with Gasteiger partial charge >= 0.3 is 29.8 Å². The van der Waals surface area contributed by atoms with Gasteiger partial charge in [-0.3, -0.25) is 19.2 Å². The minimum absolute atomic E-state index is 0.0371. The van der Waals surface area contributed by atoms with E-state index in [1.54, 1.807) is 19.2 Å². The van der Waals surface area contributed by atoms with Gasteiger partial charge in [0.1, 0.15) is 24.2 Å². The summed E-state index contributed by atoms with van der Waals surface area (Å²) in [5.41, 5.74) is -1.48. The predicted molar refractivity (Wildman–Crippen MR) is 122 cm³/mol. The lowest BCUT2D eigenvalue weighted by Crippen LogP contribution is -2.61. The minimum atomic E-state index is -1.36. The van der Waals surface area contributed by atoms with Crippen molar-refractivity contribution in [1.29, 1.82) is 5.26 Å². The molecule has 35 heavy (non-hydrogen) atoms. The van der Waals surface area contributed by atoms with Gasteiger partial charge < -0.3 is 28.4 Å². The maximum absolute atomic E-state index is 12.3. The van der Waals surface area contributed by atoms with Gasteiger partial charge in [-0.2, -0.15) is 5.26 Å². The number of thioether (sulfide) groups is 2. The third kappa shape index (κ3) is 9.42. The largest absolute Gasteiger partial charge is 0.463 e. The Labute approximate surface area is 210 Å². The molecule has 12 nitrogen and oxygen atoms in total. The van der Waals surface area contributed by atoms with Crippen LogP contribution in [0.3, 0.4) is 0 Å². The van der Waals surface area contributed by atoms with Crippen molar-refractivity contribution in [3.05, 3.63) is 9.81 Å². The van der Waals surface area contributed by atoms with Crippen molar-refractivity contribution in [3.8, 4) is 6.07 Å². The molecule has 0 radical (unpaired) electrons. The normalized spacial score (nSPS) is 24.2. The van der Waals surface area contributed by atoms with Crippen LogP contribution in [0.25, 0.3) is 0 Å². The Morgan fingerprint density at radius 2 is 1.40 bits per heavy atom. The average molecular weight is 534 g/mol. The summed E-state index contributed by atoms with van der Waals surface area (Å²) >= 11 is 1.88. The van der Waals surface area contributed by atoms with Crippen LogP contribution in [-0.4, -0.2) is 79.2 Å². The van der Waals surface area contributed by atoms with Crippen molar-refractivity contribution >= 4 is 53.4 Å². The minimum Gasteiger partial charge on any atom is -0.463 e. The second-order valence-electron chi connectivity index (χ2n) is 6.88. The molecular formula is C21H27NO11S2. The van der Waals surface area contributed by atoms with Crippen LogP contribution in [0, 0.1) is 11.3 Å². The van der Waals surface area contributed by atoms with Gasteiger partial charge in [0.15, 0.2) is 23.9 Å². The molecular weight excluding hydrogens is 506 g/mol. The molecule has 194 valence electrons. The van der Waals surface area contributed by atoms with Crippen LogP contribution < -0.4 is 0 Å². The first-order valence-corrected chi connectivity index (χ1v) is 12.4. The Morgan fingerprint density at radius 1 is 0.857 bits per heavy atom. The van der Waals surface area contributed by atoms with E-state index in [1.807, 2.05) is 0 Å². The Kier molecular flexibility index (Phi) is 12.6. The van der Waals surface area contributed by atoms with E-state index in [0.29, 0.717) is 0 Å². The van der Waals surface area contributed by atoms with Crippen LogP contribution >= 0.6 is 23.5 Å². The molecule has 0 aliphatic carbocycles. The summed E-state index contributed by atoms with van der Waals surface area (Å²) < 4.78 is 32.1. The third-order valence-electron chi connectivity index (χ3n) is 4.15. The summed E-state index contributed by atoms with van der Waals surface area (Å²) in [5.74, 6) is -3.80. The first-order chi connectivity index (χ1) is 16.4. The molecule has 0 N–H and O–H groups in total. The van der Waals surface area contributed by atoms with Crippen molar-refractivity contribution in [1.82, 2.24) is 0 Å². The molecule has 1 aliphatic rings. The van der Waals surface area contributed by atoms with Gasteiger partial charge in [0, 0.05) is 27.7 Å². The maximum atomic E-state index is 12.3. The predicted octanol–water partition coefficient (Wildman–Crippen LogP) is 1.46. The van der Waals surface area contributed by atoms with Gasteiger partial charge in [-0.25, -0.2) is 4.79 Å². The molecule has 1 fully saturated rings. The number of ether oxygens (including phenoxy) is 6. The highest BCUT2D eigenvalue weighted by Gasteiger charge is 2.52. The highest BCUT2D eigenvalue weighted by atomic mass is 32.2. The molecule has 1 rings (SSSR count). The van der Waals surface area contributed by atoms with Crippen LogP contribution in [0.5, 0.6) is 0 Å². The van der Waals surface area contributed by atoms with Gasteiger partial charge in [-0.05, 0) is 13.2 Å². The van der Waals surface area contributed by atoms with Gasteiger partial charge in [-0.15, -0.1) is 11.8 Å². The number of carbonyl (C=O) groups excluding carboxylic acids is 5. The Bertz CT molecular complexity index is 898. The second-order valence-corrected chi connectivity index (χ2v) is 9.07. The van der Waals surface area contributed by atoms with Gasteiger partial charge in [-0.1, -0.05) is 11.8 Å². The zero-order valence-corrected chi connectivity index (χ0v) is 21.7. The Hall–Kier alpha value is -2.76. The first-order valence-electron chi connectivity index (χ1n) is 10.3. The van der Waals surface area contributed by atoms with Crippen molar-refractivity contribution in [3.63, 3.8) is 0 Å². The number of esters is 5. The van der Waals surface area contributed by atoms with Crippen molar-refractivity contribution < 1.29 is 52.4 Å². The molecule has 0 spiro atoms. The smallest absolute Gasteiger partial charge is 0.350 e. The molecule has 0 amide bonds. The Balaban J connectivity index is 3.57. The van der Waals surface area contributed by atoms with E-state index in [9.17, 15) is 29.2 Å². The molecule has 0 aromatic heterocycles. The second kappa shape index (κ2) is 14.6. The molecule has 1 aliphatic heterocycles. The van der Waals surface area contributed by atoms with E-state index in [4.69, 9.17) is 28.4 Å². The fraction of sp³-hybridized carbons (Fsp3) is 0.619. The number of nitriles is 1. The molecule has 14 heteroatoms. The monoisotopic (exact) mass is 533 g/mol. The molecule has 0 bridgehead atoms. The summed E-state index contributed by atoms with van der Waals surface area (Å²) in [6, 6.07) is 1.79. The van der Waals surface area contributed by atoms with E-state index >= 15 is 0 Å². The summed E-state index contributed by atoms with van der Waals surface area (Å²) in [4.78, 5) is 59.3. The summed E-state index contributed by atoms with van der Waals surface area (Å²) in [5, 5.41) is 9.53.